The molecular formula is C14H14N4O2. The standard InChI is InChI=1S/C14H14N4O2/c1-15-13(19)12-9-11(5-8-17-12)18(2)14(20)10-3-6-16-7-4-10/h3-9H,1-2H3,(H,15,19). The lowest BCUT2D eigenvalue weighted by molar-refractivity contribution is 0.0955. The summed E-state index contributed by atoms with van der Waals surface area (Å²) in [6.07, 6.45) is 4.61. The molecule has 0 unspecified atom stereocenters. The Morgan fingerprint density at radius 1 is 1.15 bits per heavy atom. The summed E-state index contributed by atoms with van der Waals surface area (Å²) in [4.78, 5) is 33.1. The van der Waals surface area contributed by atoms with E-state index in [0.717, 1.165) is 0 Å². The van der Waals surface area contributed by atoms with Gasteiger partial charge in [-0.15, -0.1) is 0 Å². The Balaban J connectivity index is 2.27. The molecule has 0 saturated carbocycles. The Morgan fingerprint density at radius 2 is 1.85 bits per heavy atom. The molecule has 0 saturated heterocycles. The highest BCUT2D eigenvalue weighted by atomic mass is 16.2. The maximum absolute atomic E-state index is 12.3. The molecule has 0 atom stereocenters. The van der Waals surface area contributed by atoms with Gasteiger partial charge in [-0.3, -0.25) is 19.6 Å². The zero-order valence-electron chi connectivity index (χ0n) is 11.2. The quantitative estimate of drug-likeness (QED) is 0.906. The van der Waals surface area contributed by atoms with Crippen molar-refractivity contribution in [3.05, 3.63) is 54.1 Å². The average Bonchev–Trinajstić information content (AvgIpc) is 2.53. The third-order valence-corrected chi connectivity index (χ3v) is 2.82. The number of hydrogen-bond donors (Lipinski definition) is 1. The second-order valence-corrected chi connectivity index (χ2v) is 4.08. The van der Waals surface area contributed by atoms with Crippen LogP contribution in [0.15, 0.2) is 42.9 Å². The Bertz CT molecular complexity index is 628. The predicted octanol–water partition coefficient (Wildman–Crippen LogP) is 1.11. The first-order chi connectivity index (χ1) is 9.63. The van der Waals surface area contributed by atoms with Crippen LogP contribution in [0, 0.1) is 0 Å². The molecule has 6 heteroatoms. The maximum atomic E-state index is 12.3. The van der Waals surface area contributed by atoms with Crippen molar-refractivity contribution in [1.29, 1.82) is 0 Å². The van der Waals surface area contributed by atoms with Gasteiger partial charge in [-0.05, 0) is 24.3 Å². The second kappa shape index (κ2) is 5.92. The topological polar surface area (TPSA) is 75.2 Å². The van der Waals surface area contributed by atoms with Gasteiger partial charge in [0.25, 0.3) is 11.8 Å². The van der Waals surface area contributed by atoms with Crippen molar-refractivity contribution in [1.82, 2.24) is 15.3 Å². The van der Waals surface area contributed by atoms with Crippen LogP contribution in [0.4, 0.5) is 5.69 Å². The third kappa shape index (κ3) is 2.80. The number of hydrogen-bond acceptors (Lipinski definition) is 4. The molecule has 0 aromatic carbocycles. The number of anilines is 1. The second-order valence-electron chi connectivity index (χ2n) is 4.08. The van der Waals surface area contributed by atoms with E-state index in [4.69, 9.17) is 0 Å². The summed E-state index contributed by atoms with van der Waals surface area (Å²) < 4.78 is 0. The van der Waals surface area contributed by atoms with E-state index in [1.54, 1.807) is 43.7 Å². The minimum absolute atomic E-state index is 0.179. The summed E-state index contributed by atoms with van der Waals surface area (Å²) in [5.41, 5.74) is 1.39. The Kier molecular flexibility index (Phi) is 4.05. The summed E-state index contributed by atoms with van der Waals surface area (Å²) in [6, 6.07) is 6.52. The van der Waals surface area contributed by atoms with Crippen LogP contribution in [-0.2, 0) is 0 Å². The lowest BCUT2D eigenvalue weighted by Crippen LogP contribution is -2.27. The highest BCUT2D eigenvalue weighted by molar-refractivity contribution is 6.06. The SMILES string of the molecule is CNC(=O)c1cc(N(C)C(=O)c2ccncc2)ccn1. The first-order valence-electron chi connectivity index (χ1n) is 5.99. The normalized spacial score (nSPS) is 9.90. The monoisotopic (exact) mass is 270 g/mol. The maximum Gasteiger partial charge on any atom is 0.269 e. The van der Waals surface area contributed by atoms with E-state index in [1.165, 1.54) is 18.1 Å². The first kappa shape index (κ1) is 13.7. The number of carbonyl (C=O) groups is 2. The van der Waals surface area contributed by atoms with Crippen LogP contribution in [0.5, 0.6) is 0 Å². The number of carbonyl (C=O) groups excluding carboxylic acids is 2. The molecule has 0 fully saturated rings. The number of nitrogens with one attached hydrogen (secondary N) is 1. The van der Waals surface area contributed by atoms with Crippen LogP contribution in [-0.4, -0.2) is 35.9 Å². The van der Waals surface area contributed by atoms with E-state index in [9.17, 15) is 9.59 Å². The molecule has 2 rings (SSSR count). The number of pyridine rings is 2. The van der Waals surface area contributed by atoms with Crippen molar-refractivity contribution in [3.63, 3.8) is 0 Å². The molecule has 2 aromatic rings. The highest BCUT2D eigenvalue weighted by Gasteiger charge is 2.15. The predicted molar refractivity (Wildman–Crippen MR) is 74.6 cm³/mol. The third-order valence-electron chi connectivity index (χ3n) is 2.82. The number of amides is 2. The summed E-state index contributed by atoms with van der Waals surface area (Å²) in [5.74, 6) is -0.474. The lowest BCUT2D eigenvalue weighted by atomic mass is 10.2. The largest absolute Gasteiger partial charge is 0.354 e. The summed E-state index contributed by atoms with van der Waals surface area (Å²) in [5, 5.41) is 2.50. The molecule has 2 aromatic heterocycles. The van der Waals surface area contributed by atoms with Crippen LogP contribution in [0.1, 0.15) is 20.8 Å². The zero-order chi connectivity index (χ0) is 14.5. The number of rotatable bonds is 3. The summed E-state index contributed by atoms with van der Waals surface area (Å²) in [6.45, 7) is 0. The van der Waals surface area contributed by atoms with Crippen LogP contribution >= 0.6 is 0 Å². The van der Waals surface area contributed by atoms with Crippen molar-refractivity contribution in [3.8, 4) is 0 Å². The van der Waals surface area contributed by atoms with E-state index in [0.29, 0.717) is 11.3 Å². The van der Waals surface area contributed by atoms with E-state index in [-0.39, 0.29) is 17.5 Å². The number of aromatic nitrogens is 2. The molecule has 6 nitrogen and oxygen atoms in total. The van der Waals surface area contributed by atoms with Gasteiger partial charge >= 0.3 is 0 Å². The van der Waals surface area contributed by atoms with Gasteiger partial charge in [0.2, 0.25) is 0 Å². The molecule has 2 amide bonds. The minimum Gasteiger partial charge on any atom is -0.354 e. The Labute approximate surface area is 116 Å². The van der Waals surface area contributed by atoms with Gasteiger partial charge in [0.15, 0.2) is 0 Å². The van der Waals surface area contributed by atoms with Crippen molar-refractivity contribution in [2.75, 3.05) is 19.0 Å². The molecule has 0 aliphatic carbocycles. The van der Waals surface area contributed by atoms with Gasteiger partial charge in [0.05, 0.1) is 0 Å². The van der Waals surface area contributed by atoms with Gasteiger partial charge in [-0.1, -0.05) is 0 Å². The van der Waals surface area contributed by atoms with Crippen molar-refractivity contribution >= 4 is 17.5 Å². The molecule has 0 aliphatic rings. The van der Waals surface area contributed by atoms with Gasteiger partial charge in [0.1, 0.15) is 5.69 Å². The van der Waals surface area contributed by atoms with Crippen LogP contribution in [0.25, 0.3) is 0 Å². The zero-order valence-corrected chi connectivity index (χ0v) is 11.2. The summed E-state index contributed by atoms with van der Waals surface area (Å²) in [7, 11) is 3.17. The summed E-state index contributed by atoms with van der Waals surface area (Å²) >= 11 is 0. The first-order valence-corrected chi connectivity index (χ1v) is 5.99. The van der Waals surface area contributed by atoms with Crippen molar-refractivity contribution in [2.45, 2.75) is 0 Å². The highest BCUT2D eigenvalue weighted by Crippen LogP contribution is 2.15. The van der Waals surface area contributed by atoms with Crippen molar-refractivity contribution in [2.24, 2.45) is 0 Å². The Hall–Kier alpha value is -2.76. The lowest BCUT2D eigenvalue weighted by Gasteiger charge is -2.17. The molecular weight excluding hydrogens is 256 g/mol. The molecule has 0 spiro atoms. The fourth-order valence-electron chi connectivity index (χ4n) is 1.69. The molecule has 20 heavy (non-hydrogen) atoms. The van der Waals surface area contributed by atoms with E-state index in [2.05, 4.69) is 15.3 Å². The van der Waals surface area contributed by atoms with Crippen molar-refractivity contribution < 1.29 is 9.59 Å². The molecule has 2 heterocycles. The average molecular weight is 270 g/mol. The van der Waals surface area contributed by atoms with Gasteiger partial charge in [-0.25, -0.2) is 0 Å². The van der Waals surface area contributed by atoms with E-state index < -0.39 is 0 Å². The van der Waals surface area contributed by atoms with E-state index in [1.807, 2.05) is 0 Å². The van der Waals surface area contributed by atoms with Gasteiger partial charge in [-0.2, -0.15) is 0 Å². The van der Waals surface area contributed by atoms with Crippen LogP contribution in [0.2, 0.25) is 0 Å². The van der Waals surface area contributed by atoms with Crippen LogP contribution in [0.3, 0.4) is 0 Å². The fourth-order valence-corrected chi connectivity index (χ4v) is 1.69. The molecule has 0 radical (unpaired) electrons. The number of nitrogens with zero attached hydrogens (tertiary/aromatic N) is 3. The fraction of sp³-hybridized carbons (Fsp3) is 0.143. The molecule has 0 bridgehead atoms. The Morgan fingerprint density at radius 3 is 2.50 bits per heavy atom. The van der Waals surface area contributed by atoms with E-state index >= 15 is 0 Å². The smallest absolute Gasteiger partial charge is 0.269 e. The molecule has 1 N–H and O–H groups in total. The minimum atomic E-state index is -0.295. The molecule has 102 valence electrons. The molecule has 0 aliphatic heterocycles. The van der Waals surface area contributed by atoms with Gasteiger partial charge in [0, 0.05) is 43.9 Å². The van der Waals surface area contributed by atoms with Gasteiger partial charge < -0.3 is 10.2 Å². The van der Waals surface area contributed by atoms with Crippen LogP contribution < -0.4 is 10.2 Å².